The minimum Gasteiger partial charge on any atom is -0.361 e. The summed E-state index contributed by atoms with van der Waals surface area (Å²) in [4.78, 5) is 16.2. The van der Waals surface area contributed by atoms with Gasteiger partial charge in [0.25, 0.3) is 0 Å². The molecule has 4 rings (SSSR count). The van der Waals surface area contributed by atoms with Gasteiger partial charge >= 0.3 is 5.76 Å². The van der Waals surface area contributed by atoms with Gasteiger partial charge in [-0.1, -0.05) is 11.2 Å². The molecule has 1 N–H and O–H groups in total. The van der Waals surface area contributed by atoms with E-state index in [1.807, 2.05) is 6.07 Å². The fraction of sp³-hybridized carbons (Fsp3) is 0.0625. The molecule has 0 aliphatic rings. The predicted molar refractivity (Wildman–Crippen MR) is 94.6 cm³/mol. The summed E-state index contributed by atoms with van der Waals surface area (Å²) in [7, 11) is 0. The number of halogens is 2. The van der Waals surface area contributed by atoms with E-state index in [1.165, 1.54) is 18.2 Å². The lowest BCUT2D eigenvalue weighted by Crippen LogP contribution is -2.14. The Hall–Kier alpha value is -3.34. The van der Waals surface area contributed by atoms with Crippen molar-refractivity contribution in [1.82, 2.24) is 25.0 Å². The molecule has 0 fully saturated rings. The van der Waals surface area contributed by atoms with Crippen molar-refractivity contribution in [2.45, 2.75) is 6.54 Å². The molecule has 27 heavy (non-hydrogen) atoms. The van der Waals surface area contributed by atoms with Crippen molar-refractivity contribution in [3.63, 3.8) is 0 Å². The van der Waals surface area contributed by atoms with E-state index < -0.39 is 11.6 Å². The molecule has 0 amide bonds. The summed E-state index contributed by atoms with van der Waals surface area (Å²) in [5, 5.41) is 14.4. The molecular weight excluding hydrogens is 423 g/mol. The fourth-order valence-electron chi connectivity index (χ4n) is 2.39. The number of anilines is 1. The maximum absolute atomic E-state index is 13.5. The predicted octanol–water partition coefficient (Wildman–Crippen LogP) is 2.78. The van der Waals surface area contributed by atoms with Crippen LogP contribution >= 0.6 is 15.9 Å². The number of rotatable bonds is 5. The van der Waals surface area contributed by atoms with Gasteiger partial charge in [0.05, 0.1) is 10.2 Å². The van der Waals surface area contributed by atoms with Crippen LogP contribution in [0, 0.1) is 5.82 Å². The Balaban J connectivity index is 1.70. The smallest absolute Gasteiger partial charge is 0.361 e. The van der Waals surface area contributed by atoms with Crippen LogP contribution in [0.3, 0.4) is 0 Å². The molecule has 0 bridgehead atoms. The summed E-state index contributed by atoms with van der Waals surface area (Å²) < 4.78 is 24.4. The van der Waals surface area contributed by atoms with E-state index in [9.17, 15) is 9.18 Å². The summed E-state index contributed by atoms with van der Waals surface area (Å²) in [6.07, 6.45) is 3.36. The van der Waals surface area contributed by atoms with E-state index >= 15 is 0 Å². The topological polar surface area (TPSA) is 112 Å². The maximum atomic E-state index is 13.5. The molecule has 0 saturated carbocycles. The van der Waals surface area contributed by atoms with Crippen molar-refractivity contribution in [2.24, 2.45) is 0 Å². The van der Waals surface area contributed by atoms with Gasteiger partial charge in [-0.05, 0) is 56.1 Å². The van der Waals surface area contributed by atoms with Crippen LogP contribution in [0.5, 0.6) is 0 Å². The summed E-state index contributed by atoms with van der Waals surface area (Å²) in [6.45, 7) is 0.402. The molecule has 136 valence electrons. The van der Waals surface area contributed by atoms with Crippen LogP contribution in [0.2, 0.25) is 0 Å². The third-order valence-electron chi connectivity index (χ3n) is 3.65. The Morgan fingerprint density at radius 3 is 2.89 bits per heavy atom. The normalized spacial score (nSPS) is 10.9. The number of aromatic nitrogens is 5. The van der Waals surface area contributed by atoms with E-state index in [-0.39, 0.29) is 21.8 Å². The van der Waals surface area contributed by atoms with Crippen molar-refractivity contribution in [1.29, 1.82) is 0 Å². The first-order chi connectivity index (χ1) is 13.1. The SMILES string of the molecule is O=c1onc(-c2nonc2NCc2cccnc2)n1-c1ccc(F)c(Br)c1. The lowest BCUT2D eigenvalue weighted by Gasteiger charge is -2.06. The van der Waals surface area contributed by atoms with Gasteiger partial charge in [0.2, 0.25) is 11.6 Å². The van der Waals surface area contributed by atoms with Gasteiger partial charge in [-0.15, -0.1) is 0 Å². The zero-order valence-corrected chi connectivity index (χ0v) is 15.1. The molecule has 1 aromatic carbocycles. The third-order valence-corrected chi connectivity index (χ3v) is 4.26. The third kappa shape index (κ3) is 3.36. The minimum atomic E-state index is -0.760. The minimum absolute atomic E-state index is 0.0634. The highest BCUT2D eigenvalue weighted by atomic mass is 79.9. The molecule has 0 atom stereocenters. The number of benzene rings is 1. The number of hydrogen-bond acceptors (Lipinski definition) is 8. The van der Waals surface area contributed by atoms with Crippen molar-refractivity contribution >= 4 is 21.7 Å². The quantitative estimate of drug-likeness (QED) is 0.512. The lowest BCUT2D eigenvalue weighted by molar-refractivity contribution is 0.309. The lowest BCUT2D eigenvalue weighted by atomic mass is 10.2. The number of pyridine rings is 1. The van der Waals surface area contributed by atoms with Crippen molar-refractivity contribution < 1.29 is 13.5 Å². The molecule has 0 aliphatic carbocycles. The van der Waals surface area contributed by atoms with Gasteiger partial charge < -0.3 is 5.32 Å². The second-order valence-corrected chi connectivity index (χ2v) is 6.24. The van der Waals surface area contributed by atoms with E-state index in [1.54, 1.807) is 18.5 Å². The van der Waals surface area contributed by atoms with Crippen LogP contribution in [-0.4, -0.2) is 25.0 Å². The molecule has 3 aromatic heterocycles. The fourth-order valence-corrected chi connectivity index (χ4v) is 2.76. The van der Waals surface area contributed by atoms with E-state index in [0.29, 0.717) is 12.2 Å². The van der Waals surface area contributed by atoms with Crippen LogP contribution in [0.15, 0.2) is 61.1 Å². The summed E-state index contributed by atoms with van der Waals surface area (Å²) in [6, 6.07) is 7.74. The molecule has 3 heterocycles. The molecule has 9 nitrogen and oxygen atoms in total. The van der Waals surface area contributed by atoms with E-state index in [4.69, 9.17) is 9.15 Å². The molecule has 0 spiro atoms. The van der Waals surface area contributed by atoms with Crippen molar-refractivity contribution in [2.75, 3.05) is 5.32 Å². The summed E-state index contributed by atoms with van der Waals surface area (Å²) in [5.41, 5.74) is 1.42. The van der Waals surface area contributed by atoms with Gasteiger partial charge in [-0.3, -0.25) is 9.51 Å². The number of hydrogen-bond donors (Lipinski definition) is 1. The Morgan fingerprint density at radius 2 is 2.11 bits per heavy atom. The van der Waals surface area contributed by atoms with Crippen molar-refractivity contribution in [3.05, 3.63) is 69.1 Å². The molecule has 4 aromatic rings. The van der Waals surface area contributed by atoms with Gasteiger partial charge in [0.15, 0.2) is 5.69 Å². The van der Waals surface area contributed by atoms with Crippen molar-refractivity contribution in [3.8, 4) is 17.2 Å². The molecule has 0 radical (unpaired) electrons. The van der Waals surface area contributed by atoms with Crippen LogP contribution in [-0.2, 0) is 6.54 Å². The maximum Gasteiger partial charge on any atom is 0.446 e. The molecule has 0 unspecified atom stereocenters. The van der Waals surface area contributed by atoms with Crippen LogP contribution < -0.4 is 11.1 Å². The standard InChI is InChI=1S/C16H10BrFN6O3/c17-11-6-10(3-4-12(11)18)24-15(23-26-16(24)25)13-14(22-27-21-13)20-8-9-2-1-5-19-7-9/h1-7H,8H2,(H,20,22). The average Bonchev–Trinajstić information content (AvgIpc) is 3.29. The Morgan fingerprint density at radius 1 is 1.22 bits per heavy atom. The average molecular weight is 433 g/mol. The number of nitrogens with one attached hydrogen (secondary N) is 1. The van der Waals surface area contributed by atoms with Gasteiger partial charge in [0.1, 0.15) is 5.82 Å². The summed E-state index contributed by atoms with van der Waals surface area (Å²) >= 11 is 3.09. The van der Waals surface area contributed by atoms with Crippen LogP contribution in [0.1, 0.15) is 5.56 Å². The molecule has 11 heteroatoms. The second kappa shape index (κ2) is 7.11. The number of nitrogens with zero attached hydrogens (tertiary/aromatic N) is 5. The van der Waals surface area contributed by atoms with E-state index in [2.05, 4.69) is 41.7 Å². The zero-order chi connectivity index (χ0) is 18.8. The largest absolute Gasteiger partial charge is 0.446 e. The van der Waals surface area contributed by atoms with Gasteiger partial charge in [-0.2, -0.15) is 0 Å². The highest BCUT2D eigenvalue weighted by Gasteiger charge is 2.23. The second-order valence-electron chi connectivity index (χ2n) is 5.38. The molecular formula is C16H10BrFN6O3. The van der Waals surface area contributed by atoms with Gasteiger partial charge in [0, 0.05) is 18.9 Å². The Bertz CT molecular complexity index is 1140. The van der Waals surface area contributed by atoms with Gasteiger partial charge in [-0.25, -0.2) is 18.4 Å². The van der Waals surface area contributed by atoms with E-state index in [0.717, 1.165) is 10.1 Å². The first-order valence-corrected chi connectivity index (χ1v) is 8.42. The molecule has 0 saturated heterocycles. The zero-order valence-electron chi connectivity index (χ0n) is 13.5. The highest BCUT2D eigenvalue weighted by molar-refractivity contribution is 9.10. The summed E-state index contributed by atoms with van der Waals surface area (Å²) in [5.74, 6) is -0.896. The van der Waals surface area contributed by atoms with Crippen LogP contribution in [0.25, 0.3) is 17.2 Å². The van der Waals surface area contributed by atoms with Crippen LogP contribution in [0.4, 0.5) is 10.2 Å². The Labute approximate surface area is 158 Å². The first-order valence-electron chi connectivity index (χ1n) is 7.63. The molecule has 0 aliphatic heterocycles. The Kier molecular flexibility index (Phi) is 4.50. The first kappa shape index (κ1) is 17.1. The monoisotopic (exact) mass is 432 g/mol. The highest BCUT2D eigenvalue weighted by Crippen LogP contribution is 2.26.